The number of rotatable bonds is 24. The van der Waals surface area contributed by atoms with E-state index >= 15 is 0 Å². The molecule has 0 aliphatic heterocycles. The first-order chi connectivity index (χ1) is 19.3. The van der Waals surface area contributed by atoms with Crippen LogP contribution in [0.2, 0.25) is 0 Å². The van der Waals surface area contributed by atoms with Gasteiger partial charge in [0.05, 0.1) is 26.4 Å². The molecular formula is C28H44O8S4Si. The second kappa shape index (κ2) is 23.0. The van der Waals surface area contributed by atoms with Crippen LogP contribution in [0.4, 0.5) is 0 Å². The summed E-state index contributed by atoms with van der Waals surface area (Å²) in [7, 11) is 0. The van der Waals surface area contributed by atoms with Crippen molar-refractivity contribution in [1.82, 2.24) is 0 Å². The lowest BCUT2D eigenvalue weighted by atomic mass is 10.4. The van der Waals surface area contributed by atoms with E-state index in [9.17, 15) is 19.2 Å². The summed E-state index contributed by atoms with van der Waals surface area (Å²) in [6.07, 6.45) is 2.79. The van der Waals surface area contributed by atoms with Crippen LogP contribution in [0.5, 0.6) is 0 Å². The molecular weight excluding hydrogens is 621 g/mol. The Morgan fingerprint density at radius 1 is 0.463 bits per heavy atom. The van der Waals surface area contributed by atoms with E-state index in [0.29, 0.717) is 74.4 Å². The minimum absolute atomic E-state index is 0.313. The van der Waals surface area contributed by atoms with E-state index in [4.69, 9.17) is 18.9 Å². The SMILES string of the molecule is C=C(C)C(=O)OCCCS[Si](SCCCOC(=O)C(=C)C)(SCCCOC(=O)C(=C)C)SCCCOC(=O)C(=C)C. The highest BCUT2D eigenvalue weighted by Crippen LogP contribution is 2.51. The minimum Gasteiger partial charge on any atom is -0.462 e. The van der Waals surface area contributed by atoms with Crippen LogP contribution in [-0.2, 0) is 38.1 Å². The van der Waals surface area contributed by atoms with E-state index in [1.54, 1.807) is 27.7 Å². The Morgan fingerprint density at radius 2 is 0.659 bits per heavy atom. The Bertz CT molecular complexity index is 789. The molecule has 0 aliphatic carbocycles. The molecule has 0 rings (SSSR count). The van der Waals surface area contributed by atoms with Gasteiger partial charge in [-0.1, -0.05) is 26.3 Å². The molecule has 0 spiro atoms. The smallest absolute Gasteiger partial charge is 0.333 e. The number of ether oxygens (including phenoxy) is 4. The Balaban J connectivity index is 5.28. The summed E-state index contributed by atoms with van der Waals surface area (Å²) in [6, 6.07) is 0. The molecule has 0 aromatic carbocycles. The molecule has 0 saturated carbocycles. The fraction of sp³-hybridized carbons (Fsp3) is 0.571. The van der Waals surface area contributed by atoms with Gasteiger partial charge in [-0.3, -0.25) is 0 Å². The number of hydrogen-bond donors (Lipinski definition) is 0. The van der Waals surface area contributed by atoms with Gasteiger partial charge in [0.1, 0.15) is 0 Å². The highest BCUT2D eigenvalue weighted by Gasteiger charge is 2.36. The van der Waals surface area contributed by atoms with Gasteiger partial charge in [-0.15, -0.1) is 0 Å². The van der Waals surface area contributed by atoms with E-state index in [-0.39, 0.29) is 0 Å². The summed E-state index contributed by atoms with van der Waals surface area (Å²) in [4.78, 5) is 46.9. The molecule has 0 bridgehead atoms. The van der Waals surface area contributed by atoms with Crippen molar-refractivity contribution >= 4 is 73.4 Å². The highest BCUT2D eigenvalue weighted by atomic mass is 32.9. The summed E-state index contributed by atoms with van der Waals surface area (Å²) in [6.45, 7) is 22.2. The monoisotopic (exact) mass is 664 g/mol. The van der Waals surface area contributed by atoms with Crippen LogP contribution in [0.3, 0.4) is 0 Å². The molecule has 0 aliphatic rings. The van der Waals surface area contributed by atoms with Crippen LogP contribution >= 0.6 is 44.8 Å². The third kappa shape index (κ3) is 20.1. The fourth-order valence-electron chi connectivity index (χ4n) is 2.43. The van der Waals surface area contributed by atoms with Crippen molar-refractivity contribution in [2.75, 3.05) is 49.4 Å². The topological polar surface area (TPSA) is 105 Å². The Morgan fingerprint density at radius 3 is 0.829 bits per heavy atom. The second-order valence-electron chi connectivity index (χ2n) is 8.97. The first kappa shape index (κ1) is 39.5. The minimum atomic E-state index is -2.16. The van der Waals surface area contributed by atoms with E-state index in [1.165, 1.54) is 0 Å². The van der Waals surface area contributed by atoms with Gasteiger partial charge in [-0.05, 0) is 76.4 Å². The van der Waals surface area contributed by atoms with Gasteiger partial charge >= 0.3 is 28.5 Å². The molecule has 0 heterocycles. The van der Waals surface area contributed by atoms with Crippen LogP contribution in [0.15, 0.2) is 48.6 Å². The molecule has 0 fully saturated rings. The largest absolute Gasteiger partial charge is 0.462 e. The van der Waals surface area contributed by atoms with Gasteiger partial charge in [0.25, 0.3) is 0 Å². The third-order valence-electron chi connectivity index (χ3n) is 4.60. The van der Waals surface area contributed by atoms with Crippen LogP contribution < -0.4 is 0 Å². The van der Waals surface area contributed by atoms with Gasteiger partial charge in [0.2, 0.25) is 0 Å². The van der Waals surface area contributed by atoms with Crippen molar-refractivity contribution < 1.29 is 38.1 Å². The van der Waals surface area contributed by atoms with E-state index in [2.05, 4.69) is 26.3 Å². The molecule has 0 amide bonds. The van der Waals surface area contributed by atoms with Crippen LogP contribution in [0.25, 0.3) is 0 Å². The fourth-order valence-corrected chi connectivity index (χ4v) is 24.7. The summed E-state index contributed by atoms with van der Waals surface area (Å²) in [5.74, 6) is 1.60. The molecule has 0 unspecified atom stereocenters. The van der Waals surface area contributed by atoms with E-state index < -0.39 is 28.5 Å². The molecule has 41 heavy (non-hydrogen) atoms. The van der Waals surface area contributed by atoms with Crippen LogP contribution in [0.1, 0.15) is 53.4 Å². The first-order valence-electron chi connectivity index (χ1n) is 13.2. The van der Waals surface area contributed by atoms with Crippen molar-refractivity contribution in [1.29, 1.82) is 0 Å². The maximum absolute atomic E-state index is 11.7. The van der Waals surface area contributed by atoms with Crippen molar-refractivity contribution in [3.8, 4) is 0 Å². The number of carbonyl (C=O) groups is 4. The lowest BCUT2D eigenvalue weighted by molar-refractivity contribution is -0.139. The normalized spacial score (nSPS) is 10.8. The number of esters is 4. The van der Waals surface area contributed by atoms with Gasteiger partial charge < -0.3 is 18.9 Å². The van der Waals surface area contributed by atoms with Gasteiger partial charge in [-0.25, -0.2) is 19.2 Å². The number of hydrogen-bond acceptors (Lipinski definition) is 12. The Labute approximate surface area is 261 Å². The molecule has 13 heteroatoms. The van der Waals surface area contributed by atoms with Gasteiger partial charge in [0, 0.05) is 22.3 Å². The average Bonchev–Trinajstić information content (AvgIpc) is 2.91. The maximum atomic E-state index is 11.7. The molecule has 0 aromatic rings. The molecule has 0 N–H and O–H groups in total. The van der Waals surface area contributed by atoms with E-state index in [0.717, 1.165) is 23.0 Å². The third-order valence-corrected chi connectivity index (χ3v) is 27.4. The Hall–Kier alpha value is -1.54. The van der Waals surface area contributed by atoms with Crippen molar-refractivity contribution in [2.24, 2.45) is 0 Å². The quantitative estimate of drug-likeness (QED) is 0.0375. The summed E-state index contributed by atoms with van der Waals surface area (Å²) >= 11 is 7.54. The van der Waals surface area contributed by atoms with Crippen LogP contribution in [-0.4, -0.2) is 78.0 Å². The molecule has 0 atom stereocenters. The predicted molar refractivity (Wildman–Crippen MR) is 177 cm³/mol. The summed E-state index contributed by atoms with van der Waals surface area (Å²) in [5, 5.41) is 0. The molecule has 0 aromatic heterocycles. The van der Waals surface area contributed by atoms with Crippen molar-refractivity contribution in [3.63, 3.8) is 0 Å². The van der Waals surface area contributed by atoms with Crippen LogP contribution in [0, 0.1) is 0 Å². The van der Waals surface area contributed by atoms with Gasteiger partial charge in [-0.2, -0.15) is 44.8 Å². The lowest BCUT2D eigenvalue weighted by Crippen LogP contribution is -2.23. The standard InChI is InChI=1S/C28H44O8S4Si/c1-21(2)25(29)33-13-9-17-37-41(38-18-10-14-34-26(30)22(3)4,39-19-11-15-35-27(31)23(5)6)40-20-12-16-36-28(32)24(7)8/h1,3,5,7,9-20H2,2,4,6,8H3. The van der Waals surface area contributed by atoms with Crippen molar-refractivity contribution in [3.05, 3.63) is 48.6 Å². The molecule has 0 radical (unpaired) electrons. The lowest BCUT2D eigenvalue weighted by Gasteiger charge is -2.29. The zero-order valence-electron chi connectivity index (χ0n) is 24.7. The molecule has 0 saturated heterocycles. The zero-order chi connectivity index (χ0) is 31.3. The summed E-state index contributed by atoms with van der Waals surface area (Å²) in [5.41, 5.74) is 1.48. The molecule has 8 nitrogen and oxygen atoms in total. The summed E-state index contributed by atoms with van der Waals surface area (Å²) < 4.78 is 18.9. The van der Waals surface area contributed by atoms with E-state index in [1.807, 2.05) is 44.8 Å². The van der Waals surface area contributed by atoms with Crippen molar-refractivity contribution in [2.45, 2.75) is 53.4 Å². The predicted octanol–water partition coefficient (Wildman–Crippen LogP) is 6.39. The zero-order valence-corrected chi connectivity index (χ0v) is 29.0. The van der Waals surface area contributed by atoms with Gasteiger partial charge in [0.15, 0.2) is 0 Å². The maximum Gasteiger partial charge on any atom is 0.333 e. The average molecular weight is 665 g/mol. The first-order valence-corrected chi connectivity index (χ1v) is 22.0. The molecule has 232 valence electrons. The number of carbonyl (C=O) groups excluding carboxylic acids is 4. The highest BCUT2D eigenvalue weighted by molar-refractivity contribution is 8.99. The second-order valence-corrected chi connectivity index (χ2v) is 28.2. The Kier molecular flexibility index (Phi) is 22.1.